The van der Waals surface area contributed by atoms with Gasteiger partial charge in [0.25, 0.3) is 0 Å². The van der Waals surface area contributed by atoms with E-state index in [0.717, 1.165) is 18.4 Å². The molecule has 0 saturated heterocycles. The van der Waals surface area contributed by atoms with Gasteiger partial charge in [-0.3, -0.25) is 0 Å². The van der Waals surface area contributed by atoms with E-state index in [2.05, 4.69) is 6.07 Å². The Balaban J connectivity index is 2.14. The third-order valence-electron chi connectivity index (χ3n) is 3.07. The molecular weight excluding hydrogens is 234 g/mol. The molecule has 1 aliphatic rings. The highest BCUT2D eigenvalue weighted by Crippen LogP contribution is 2.23. The summed E-state index contributed by atoms with van der Waals surface area (Å²) >= 11 is 0. The summed E-state index contributed by atoms with van der Waals surface area (Å²) in [6.07, 6.45) is 3.39. The highest BCUT2D eigenvalue weighted by Gasteiger charge is 2.16. The van der Waals surface area contributed by atoms with Gasteiger partial charge in [-0.2, -0.15) is 0 Å². The maximum Gasteiger partial charge on any atom is 0.155 e. The van der Waals surface area contributed by atoms with Crippen molar-refractivity contribution < 1.29 is 8.42 Å². The number of fused-ring (bicyclic) bond motifs is 1. The molecule has 1 unspecified atom stereocenters. The van der Waals surface area contributed by atoms with Crippen LogP contribution in [0.25, 0.3) is 0 Å². The van der Waals surface area contributed by atoms with Gasteiger partial charge in [-0.25, -0.2) is 8.42 Å². The molecule has 0 spiro atoms. The zero-order valence-electron chi connectivity index (χ0n) is 10.1. The van der Waals surface area contributed by atoms with Gasteiger partial charge < -0.3 is 5.73 Å². The van der Waals surface area contributed by atoms with Crippen LogP contribution >= 0.6 is 0 Å². The van der Waals surface area contributed by atoms with Crippen molar-refractivity contribution in [3.05, 3.63) is 34.9 Å². The van der Waals surface area contributed by atoms with Crippen LogP contribution in [0.4, 0.5) is 0 Å². The van der Waals surface area contributed by atoms with Gasteiger partial charge in [0, 0.05) is 6.04 Å². The molecule has 0 heterocycles. The van der Waals surface area contributed by atoms with Crippen LogP contribution in [0.2, 0.25) is 0 Å². The molecule has 1 aromatic rings. The lowest BCUT2D eigenvalue weighted by molar-refractivity contribution is 0.589. The highest BCUT2D eigenvalue weighted by atomic mass is 32.2. The Morgan fingerprint density at radius 1 is 1.29 bits per heavy atom. The van der Waals surface area contributed by atoms with Gasteiger partial charge in [-0.15, -0.1) is 0 Å². The van der Waals surface area contributed by atoms with Crippen LogP contribution in [0.1, 0.15) is 30.0 Å². The topological polar surface area (TPSA) is 60.2 Å². The van der Waals surface area contributed by atoms with E-state index < -0.39 is 9.84 Å². The predicted octanol–water partition coefficient (Wildman–Crippen LogP) is 1.44. The second-order valence-corrected chi connectivity index (χ2v) is 7.10. The van der Waals surface area contributed by atoms with Crippen molar-refractivity contribution in [3.63, 3.8) is 0 Å². The molecular formula is C13H19NO2S. The van der Waals surface area contributed by atoms with Crippen molar-refractivity contribution in [1.82, 2.24) is 0 Å². The minimum absolute atomic E-state index is 0.0596. The van der Waals surface area contributed by atoms with E-state index in [1.165, 1.54) is 17.5 Å². The van der Waals surface area contributed by atoms with Crippen LogP contribution in [-0.2, 0) is 28.4 Å². The highest BCUT2D eigenvalue weighted by molar-refractivity contribution is 7.90. The molecule has 4 heteroatoms. The van der Waals surface area contributed by atoms with E-state index in [1.54, 1.807) is 6.92 Å². The van der Waals surface area contributed by atoms with Crippen LogP contribution in [-0.4, -0.2) is 20.2 Å². The summed E-state index contributed by atoms with van der Waals surface area (Å²) in [5.74, 6) is 0.173. The van der Waals surface area contributed by atoms with Crippen molar-refractivity contribution in [2.75, 3.05) is 5.75 Å². The van der Waals surface area contributed by atoms with E-state index in [0.29, 0.717) is 0 Å². The molecule has 0 aromatic heterocycles. The maximum atomic E-state index is 11.8. The molecule has 0 amide bonds. The van der Waals surface area contributed by atoms with Crippen LogP contribution in [0, 0.1) is 0 Å². The first-order valence-corrected chi connectivity index (χ1v) is 7.85. The lowest BCUT2D eigenvalue weighted by atomic mass is 10.1. The van der Waals surface area contributed by atoms with Crippen LogP contribution in [0.15, 0.2) is 18.2 Å². The van der Waals surface area contributed by atoms with E-state index in [9.17, 15) is 8.42 Å². The predicted molar refractivity (Wildman–Crippen MR) is 69.6 cm³/mol. The fraction of sp³-hybridized carbons (Fsp3) is 0.538. The minimum atomic E-state index is -3.08. The largest absolute Gasteiger partial charge is 0.327 e. The van der Waals surface area contributed by atoms with Gasteiger partial charge in [0.2, 0.25) is 0 Å². The molecule has 1 aliphatic carbocycles. The zero-order valence-corrected chi connectivity index (χ0v) is 11.0. The van der Waals surface area contributed by atoms with Gasteiger partial charge in [-0.05, 0) is 42.9 Å². The van der Waals surface area contributed by atoms with E-state index in [-0.39, 0.29) is 17.5 Å². The number of benzene rings is 1. The average molecular weight is 253 g/mol. The Morgan fingerprint density at radius 3 is 2.71 bits per heavy atom. The molecule has 17 heavy (non-hydrogen) atoms. The van der Waals surface area contributed by atoms with E-state index in [4.69, 9.17) is 5.73 Å². The van der Waals surface area contributed by atoms with Crippen molar-refractivity contribution in [2.24, 2.45) is 5.73 Å². The van der Waals surface area contributed by atoms with E-state index in [1.807, 2.05) is 12.1 Å². The molecule has 1 aromatic carbocycles. The maximum absolute atomic E-state index is 11.8. The summed E-state index contributed by atoms with van der Waals surface area (Å²) in [6.45, 7) is 1.72. The summed E-state index contributed by atoms with van der Waals surface area (Å²) in [5.41, 5.74) is 9.13. The Morgan fingerprint density at radius 2 is 2.00 bits per heavy atom. The third-order valence-corrected chi connectivity index (χ3v) is 4.87. The number of hydrogen-bond donors (Lipinski definition) is 1. The number of aryl methyl sites for hydroxylation is 2. The smallest absolute Gasteiger partial charge is 0.155 e. The average Bonchev–Trinajstić information content (AvgIpc) is 2.61. The van der Waals surface area contributed by atoms with Gasteiger partial charge in [0.1, 0.15) is 0 Å². The van der Waals surface area contributed by atoms with E-state index >= 15 is 0 Å². The second kappa shape index (κ2) is 4.78. The lowest BCUT2D eigenvalue weighted by Crippen LogP contribution is -2.27. The molecule has 0 radical (unpaired) electrons. The van der Waals surface area contributed by atoms with Crippen molar-refractivity contribution in [2.45, 2.75) is 38.0 Å². The monoisotopic (exact) mass is 253 g/mol. The van der Waals surface area contributed by atoms with Crippen LogP contribution in [0.5, 0.6) is 0 Å². The minimum Gasteiger partial charge on any atom is -0.327 e. The second-order valence-electron chi connectivity index (χ2n) is 4.99. The fourth-order valence-corrected chi connectivity index (χ4v) is 4.03. The number of sulfone groups is 1. The van der Waals surface area contributed by atoms with Crippen molar-refractivity contribution in [1.29, 1.82) is 0 Å². The SMILES string of the molecule is CC(N)CS(=O)(=O)Cc1ccc2c(c1)CCC2. The summed E-state index contributed by atoms with van der Waals surface area (Å²) in [7, 11) is -3.08. The van der Waals surface area contributed by atoms with Gasteiger partial charge >= 0.3 is 0 Å². The Bertz CT molecular complexity index is 506. The molecule has 94 valence electrons. The standard InChI is InChI=1S/C13H19NO2S/c1-10(14)8-17(15,16)9-11-5-6-12-3-2-4-13(12)7-11/h5-7,10H,2-4,8-9,14H2,1H3. The number of nitrogens with two attached hydrogens (primary N) is 1. The third kappa shape index (κ3) is 3.30. The molecule has 0 bridgehead atoms. The molecule has 3 nitrogen and oxygen atoms in total. The van der Waals surface area contributed by atoms with Gasteiger partial charge in [0.05, 0.1) is 11.5 Å². The zero-order chi connectivity index (χ0) is 12.5. The molecule has 1 atom stereocenters. The van der Waals surface area contributed by atoms with Crippen molar-refractivity contribution in [3.8, 4) is 0 Å². The first-order valence-electron chi connectivity index (χ1n) is 6.03. The molecule has 2 N–H and O–H groups in total. The summed E-state index contributed by atoms with van der Waals surface area (Å²) in [6, 6.07) is 5.75. The van der Waals surface area contributed by atoms with Crippen LogP contribution in [0.3, 0.4) is 0 Å². The van der Waals surface area contributed by atoms with Crippen LogP contribution < -0.4 is 5.73 Å². The van der Waals surface area contributed by atoms with Gasteiger partial charge in [-0.1, -0.05) is 18.2 Å². The quantitative estimate of drug-likeness (QED) is 0.883. The summed E-state index contributed by atoms with van der Waals surface area (Å²) in [5, 5.41) is 0. The fourth-order valence-electron chi connectivity index (χ4n) is 2.43. The van der Waals surface area contributed by atoms with Gasteiger partial charge in [0.15, 0.2) is 9.84 Å². The molecule has 0 saturated carbocycles. The molecule has 2 rings (SSSR count). The lowest BCUT2D eigenvalue weighted by Gasteiger charge is -2.08. The molecule has 0 fully saturated rings. The molecule has 0 aliphatic heterocycles. The number of rotatable bonds is 4. The number of hydrogen-bond acceptors (Lipinski definition) is 3. The van der Waals surface area contributed by atoms with Crippen molar-refractivity contribution >= 4 is 9.84 Å². The summed E-state index contributed by atoms with van der Waals surface area (Å²) < 4.78 is 23.7. The Kier molecular flexibility index (Phi) is 3.54. The Hall–Kier alpha value is -0.870. The normalized spacial score (nSPS) is 16.8. The summed E-state index contributed by atoms with van der Waals surface area (Å²) in [4.78, 5) is 0. The first kappa shape index (κ1) is 12.6. The first-order chi connectivity index (χ1) is 7.96. The Labute approximate surface area is 103 Å².